The number of nitrogens with zero attached hydrogens (tertiary/aromatic N) is 1. The van der Waals surface area contributed by atoms with Crippen LogP contribution in [-0.4, -0.2) is 48.7 Å². The Balaban J connectivity index is 1.81. The summed E-state index contributed by atoms with van der Waals surface area (Å²) in [5.74, 6) is 0.631. The van der Waals surface area contributed by atoms with E-state index in [2.05, 4.69) is 10.0 Å². The van der Waals surface area contributed by atoms with Crippen LogP contribution in [0.25, 0.3) is 0 Å². The highest BCUT2D eigenvalue weighted by Crippen LogP contribution is 2.29. The summed E-state index contributed by atoms with van der Waals surface area (Å²) in [6.45, 7) is 2.82. The zero-order chi connectivity index (χ0) is 27.2. The van der Waals surface area contributed by atoms with Crippen molar-refractivity contribution in [3.63, 3.8) is 0 Å². The van der Waals surface area contributed by atoms with Crippen molar-refractivity contribution in [3.8, 4) is 17.2 Å². The number of anilines is 2. The van der Waals surface area contributed by atoms with Gasteiger partial charge in [-0.3, -0.25) is 9.10 Å². The molecule has 2 N–H and O–H groups in total. The van der Waals surface area contributed by atoms with Crippen molar-refractivity contribution >= 4 is 37.3 Å². The Labute approximate surface area is 217 Å². The molecule has 12 heteroatoms. The number of amides is 1. The minimum absolute atomic E-state index is 0.0775. The third-order valence-electron chi connectivity index (χ3n) is 4.94. The molecule has 37 heavy (non-hydrogen) atoms. The molecular formula is C25H29N3O7S2. The number of sulfonamides is 2. The van der Waals surface area contributed by atoms with E-state index in [0.29, 0.717) is 11.5 Å². The van der Waals surface area contributed by atoms with Crippen LogP contribution in [0.3, 0.4) is 0 Å². The Kier molecular flexibility index (Phi) is 8.79. The minimum Gasteiger partial charge on any atom is -0.495 e. The second kappa shape index (κ2) is 11.6. The molecule has 3 aromatic rings. The fourth-order valence-electron chi connectivity index (χ4n) is 3.36. The highest BCUT2D eigenvalue weighted by Gasteiger charge is 2.23. The molecule has 0 aliphatic rings. The van der Waals surface area contributed by atoms with E-state index >= 15 is 0 Å². The Morgan fingerprint density at radius 2 is 1.54 bits per heavy atom. The molecule has 0 fully saturated rings. The summed E-state index contributed by atoms with van der Waals surface area (Å²) in [6.07, 6.45) is 0.986. The lowest BCUT2D eigenvalue weighted by atomic mass is 10.2. The van der Waals surface area contributed by atoms with Crippen LogP contribution in [0.2, 0.25) is 0 Å². The average Bonchev–Trinajstić information content (AvgIpc) is 2.82. The van der Waals surface area contributed by atoms with Gasteiger partial charge in [0.05, 0.1) is 29.6 Å². The van der Waals surface area contributed by atoms with Gasteiger partial charge in [0, 0.05) is 6.04 Å². The van der Waals surface area contributed by atoms with Crippen LogP contribution in [-0.2, 0) is 24.8 Å². The van der Waals surface area contributed by atoms with Gasteiger partial charge in [0.15, 0.2) is 0 Å². The molecule has 0 bridgehead atoms. The van der Waals surface area contributed by atoms with Gasteiger partial charge >= 0.3 is 0 Å². The lowest BCUT2D eigenvalue weighted by molar-refractivity contribution is -0.114. The predicted molar refractivity (Wildman–Crippen MR) is 142 cm³/mol. The standard InChI is InChI=1S/C25H29N3O7S2/c1-18(2)27-37(32,33)22-14-15-24(34-3)23(16-22)26-25(29)17-28(36(4,30)31)19-10-12-21(13-11-19)35-20-8-6-5-7-9-20/h5-16,18,27H,17H2,1-4H3,(H,26,29). The van der Waals surface area contributed by atoms with E-state index < -0.39 is 32.5 Å². The molecule has 0 aliphatic heterocycles. The van der Waals surface area contributed by atoms with Crippen molar-refractivity contribution < 1.29 is 31.1 Å². The number of hydrogen-bond acceptors (Lipinski definition) is 7. The van der Waals surface area contributed by atoms with Crippen molar-refractivity contribution in [2.75, 3.05) is 29.5 Å². The van der Waals surface area contributed by atoms with Gasteiger partial charge in [0.2, 0.25) is 26.0 Å². The van der Waals surface area contributed by atoms with Crippen LogP contribution in [0.1, 0.15) is 13.8 Å². The fourth-order valence-corrected chi connectivity index (χ4v) is 5.49. The lowest BCUT2D eigenvalue weighted by Crippen LogP contribution is -2.37. The summed E-state index contributed by atoms with van der Waals surface area (Å²) in [5.41, 5.74) is 0.335. The number of carbonyl (C=O) groups is 1. The zero-order valence-corrected chi connectivity index (χ0v) is 22.5. The SMILES string of the molecule is COc1ccc(S(=O)(=O)NC(C)C)cc1NC(=O)CN(c1ccc(Oc2ccccc2)cc1)S(C)(=O)=O. The topological polar surface area (TPSA) is 131 Å². The van der Waals surface area contributed by atoms with Crippen LogP contribution >= 0.6 is 0 Å². The van der Waals surface area contributed by atoms with Crippen molar-refractivity contribution in [1.29, 1.82) is 0 Å². The van der Waals surface area contributed by atoms with Crippen molar-refractivity contribution in [3.05, 3.63) is 72.8 Å². The molecule has 0 heterocycles. The Hall–Kier alpha value is -3.61. The summed E-state index contributed by atoms with van der Waals surface area (Å²) in [7, 11) is -6.31. The second-order valence-corrected chi connectivity index (χ2v) is 12.0. The van der Waals surface area contributed by atoms with Gasteiger partial charge in [0.1, 0.15) is 23.8 Å². The van der Waals surface area contributed by atoms with Crippen LogP contribution < -0.4 is 23.8 Å². The Morgan fingerprint density at radius 1 is 0.919 bits per heavy atom. The van der Waals surface area contributed by atoms with E-state index in [1.807, 2.05) is 18.2 Å². The highest BCUT2D eigenvalue weighted by molar-refractivity contribution is 7.92. The molecule has 0 atom stereocenters. The number of ether oxygens (including phenoxy) is 2. The molecule has 1 amide bonds. The summed E-state index contributed by atoms with van der Waals surface area (Å²) in [4.78, 5) is 12.8. The molecule has 0 aromatic heterocycles. The van der Waals surface area contributed by atoms with Crippen molar-refractivity contribution in [2.45, 2.75) is 24.8 Å². The molecule has 0 aliphatic carbocycles. The van der Waals surface area contributed by atoms with Gasteiger partial charge < -0.3 is 14.8 Å². The van der Waals surface area contributed by atoms with Gasteiger partial charge in [-0.1, -0.05) is 18.2 Å². The second-order valence-electron chi connectivity index (χ2n) is 8.36. The van der Waals surface area contributed by atoms with E-state index in [0.717, 1.165) is 10.6 Å². The molecule has 0 radical (unpaired) electrons. The summed E-state index contributed by atoms with van der Waals surface area (Å²) >= 11 is 0. The molecule has 3 aromatic carbocycles. The van der Waals surface area contributed by atoms with E-state index in [-0.39, 0.29) is 28.1 Å². The van der Waals surface area contributed by atoms with Gasteiger partial charge in [-0.2, -0.15) is 0 Å². The van der Waals surface area contributed by atoms with Crippen LogP contribution in [0.15, 0.2) is 77.7 Å². The van der Waals surface area contributed by atoms with E-state index in [4.69, 9.17) is 9.47 Å². The first kappa shape index (κ1) is 28.0. The maximum absolute atomic E-state index is 12.9. The minimum atomic E-state index is -3.84. The van der Waals surface area contributed by atoms with Crippen molar-refractivity contribution in [1.82, 2.24) is 4.72 Å². The van der Waals surface area contributed by atoms with Gasteiger partial charge in [-0.25, -0.2) is 21.6 Å². The molecule has 0 saturated carbocycles. The Morgan fingerprint density at radius 3 is 2.11 bits per heavy atom. The number of para-hydroxylation sites is 1. The van der Waals surface area contributed by atoms with Crippen LogP contribution in [0, 0.1) is 0 Å². The average molecular weight is 548 g/mol. The molecule has 198 valence electrons. The molecule has 0 spiro atoms. The number of benzene rings is 3. The Bertz CT molecular complexity index is 1440. The number of nitrogens with one attached hydrogen (secondary N) is 2. The first-order valence-electron chi connectivity index (χ1n) is 11.2. The number of carbonyl (C=O) groups excluding carboxylic acids is 1. The third-order valence-corrected chi connectivity index (χ3v) is 7.73. The maximum atomic E-state index is 12.9. The maximum Gasteiger partial charge on any atom is 0.245 e. The predicted octanol–water partition coefficient (Wildman–Crippen LogP) is 3.58. The molecule has 0 saturated heterocycles. The third kappa shape index (κ3) is 7.68. The lowest BCUT2D eigenvalue weighted by Gasteiger charge is -2.22. The van der Waals surface area contributed by atoms with E-state index in [1.54, 1.807) is 38.1 Å². The number of hydrogen-bond donors (Lipinski definition) is 2. The van der Waals surface area contributed by atoms with Crippen LogP contribution in [0.5, 0.6) is 17.2 Å². The molecular weight excluding hydrogens is 518 g/mol. The van der Waals surface area contributed by atoms with Gasteiger partial charge in [0.25, 0.3) is 0 Å². The van der Waals surface area contributed by atoms with E-state index in [9.17, 15) is 21.6 Å². The first-order chi connectivity index (χ1) is 17.4. The van der Waals surface area contributed by atoms with Crippen LogP contribution in [0.4, 0.5) is 11.4 Å². The first-order valence-corrected chi connectivity index (χ1v) is 14.5. The number of rotatable bonds is 11. The largest absolute Gasteiger partial charge is 0.495 e. The molecule has 3 rings (SSSR count). The normalized spacial score (nSPS) is 11.7. The van der Waals surface area contributed by atoms with Gasteiger partial charge in [-0.05, 0) is 68.4 Å². The van der Waals surface area contributed by atoms with E-state index in [1.165, 1.54) is 37.4 Å². The molecule has 0 unspecified atom stereocenters. The summed E-state index contributed by atoms with van der Waals surface area (Å²) in [5, 5.41) is 2.56. The smallest absolute Gasteiger partial charge is 0.245 e. The number of methoxy groups -OCH3 is 1. The van der Waals surface area contributed by atoms with Gasteiger partial charge in [-0.15, -0.1) is 0 Å². The highest BCUT2D eigenvalue weighted by atomic mass is 32.2. The quantitative estimate of drug-likeness (QED) is 0.375. The monoisotopic (exact) mass is 547 g/mol. The fraction of sp³-hybridized carbons (Fsp3) is 0.240. The summed E-state index contributed by atoms with van der Waals surface area (Å²) in [6, 6.07) is 19.0. The van der Waals surface area contributed by atoms with Crippen molar-refractivity contribution in [2.24, 2.45) is 0 Å². The molecule has 10 nitrogen and oxygen atoms in total. The zero-order valence-electron chi connectivity index (χ0n) is 20.8. The summed E-state index contributed by atoms with van der Waals surface area (Å²) < 4.78 is 64.5.